The van der Waals surface area contributed by atoms with Crippen LogP contribution in [0.3, 0.4) is 0 Å². The van der Waals surface area contributed by atoms with Gasteiger partial charge in [-0.05, 0) is 61.5 Å². The van der Waals surface area contributed by atoms with Crippen molar-refractivity contribution in [2.75, 3.05) is 5.32 Å². The lowest BCUT2D eigenvalue weighted by Gasteiger charge is -2.06. The minimum absolute atomic E-state index is 0.146. The Bertz CT molecular complexity index is 979. The molecule has 3 aromatic rings. The van der Waals surface area contributed by atoms with Gasteiger partial charge in [-0.15, -0.1) is 0 Å². The van der Waals surface area contributed by atoms with E-state index in [0.29, 0.717) is 11.3 Å². The van der Waals surface area contributed by atoms with Crippen LogP contribution in [0.1, 0.15) is 17.3 Å². The van der Waals surface area contributed by atoms with Gasteiger partial charge in [0.05, 0.1) is 0 Å². The van der Waals surface area contributed by atoms with Gasteiger partial charge in [0.15, 0.2) is 0 Å². The van der Waals surface area contributed by atoms with Crippen LogP contribution in [-0.2, 0) is 4.79 Å². The molecule has 7 heteroatoms. The molecule has 0 spiro atoms. The van der Waals surface area contributed by atoms with Gasteiger partial charge in [-0.3, -0.25) is 9.59 Å². The molecule has 27 heavy (non-hydrogen) atoms. The number of halogens is 1. The normalized spacial score (nSPS) is 11.1. The van der Waals surface area contributed by atoms with Crippen molar-refractivity contribution in [3.63, 3.8) is 0 Å². The summed E-state index contributed by atoms with van der Waals surface area (Å²) in [6, 6.07) is 18.2. The van der Waals surface area contributed by atoms with E-state index in [2.05, 4.69) is 31.8 Å². The van der Waals surface area contributed by atoms with Crippen molar-refractivity contribution in [1.82, 2.24) is 9.99 Å². The molecule has 0 saturated carbocycles. The van der Waals surface area contributed by atoms with E-state index in [1.807, 2.05) is 53.4 Å². The Kier molecular flexibility index (Phi) is 5.83. The molecular formula is C20H17BrN4O2. The number of carbonyl (C=O) groups is 2. The van der Waals surface area contributed by atoms with Crippen LogP contribution in [-0.4, -0.2) is 22.1 Å². The summed E-state index contributed by atoms with van der Waals surface area (Å²) in [5.74, 6) is -0.778. The number of benzene rings is 2. The highest BCUT2D eigenvalue weighted by Gasteiger charge is 2.09. The van der Waals surface area contributed by atoms with Crippen molar-refractivity contribution in [3.05, 3.63) is 83.1 Å². The Balaban J connectivity index is 1.60. The zero-order valence-electron chi connectivity index (χ0n) is 14.5. The van der Waals surface area contributed by atoms with E-state index in [0.717, 1.165) is 10.2 Å². The molecule has 2 N–H and O–H groups in total. The Morgan fingerprint density at radius 1 is 1.00 bits per heavy atom. The van der Waals surface area contributed by atoms with Crippen LogP contribution in [0.15, 0.2) is 82.6 Å². The summed E-state index contributed by atoms with van der Waals surface area (Å²) in [4.78, 5) is 24.3. The molecule has 0 aliphatic carbocycles. The molecule has 0 aliphatic rings. The highest BCUT2D eigenvalue weighted by molar-refractivity contribution is 9.10. The second kappa shape index (κ2) is 8.46. The molecule has 0 aliphatic heterocycles. The summed E-state index contributed by atoms with van der Waals surface area (Å²) < 4.78 is 2.79. The summed E-state index contributed by atoms with van der Waals surface area (Å²) in [6.45, 7) is 1.53. The third-order valence-electron chi connectivity index (χ3n) is 3.77. The van der Waals surface area contributed by atoms with Gasteiger partial charge in [0.1, 0.15) is 5.71 Å². The number of rotatable bonds is 5. The van der Waals surface area contributed by atoms with Crippen molar-refractivity contribution < 1.29 is 9.59 Å². The lowest BCUT2D eigenvalue weighted by atomic mass is 10.2. The third kappa shape index (κ3) is 4.92. The van der Waals surface area contributed by atoms with Crippen LogP contribution < -0.4 is 10.7 Å². The standard InChI is InChI=1S/C20H17BrN4O2/c1-14(19(26)22-17-6-4-5-16(21)13-17)23-24-20(27)15-7-9-18(10-8-15)25-11-2-3-12-25/h2-13H,1H3,(H,22,26)(H,24,27)/b23-14+. The van der Waals surface area contributed by atoms with E-state index in [4.69, 9.17) is 0 Å². The third-order valence-corrected chi connectivity index (χ3v) is 4.26. The van der Waals surface area contributed by atoms with Crippen LogP contribution in [0.4, 0.5) is 5.69 Å². The first-order chi connectivity index (χ1) is 13.0. The number of aromatic nitrogens is 1. The Hall–Kier alpha value is -3.19. The maximum absolute atomic E-state index is 12.2. The highest BCUT2D eigenvalue weighted by Crippen LogP contribution is 2.15. The van der Waals surface area contributed by atoms with Gasteiger partial charge in [0.25, 0.3) is 11.8 Å². The summed E-state index contributed by atoms with van der Waals surface area (Å²) in [6.07, 6.45) is 3.85. The minimum Gasteiger partial charge on any atom is -0.324 e. The van der Waals surface area contributed by atoms with Crippen LogP contribution in [0.5, 0.6) is 0 Å². The first kappa shape index (κ1) is 18.6. The summed E-state index contributed by atoms with van der Waals surface area (Å²) >= 11 is 3.34. The van der Waals surface area contributed by atoms with Gasteiger partial charge in [-0.25, -0.2) is 5.43 Å². The molecule has 3 rings (SSSR count). The van der Waals surface area contributed by atoms with E-state index in [1.54, 1.807) is 24.3 Å². The van der Waals surface area contributed by atoms with Crippen molar-refractivity contribution >= 4 is 39.1 Å². The maximum atomic E-state index is 12.2. The number of nitrogens with zero attached hydrogens (tertiary/aromatic N) is 2. The highest BCUT2D eigenvalue weighted by atomic mass is 79.9. The molecular weight excluding hydrogens is 408 g/mol. The molecule has 6 nitrogen and oxygen atoms in total. The molecule has 0 bridgehead atoms. The predicted octanol–water partition coefficient (Wildman–Crippen LogP) is 3.98. The monoisotopic (exact) mass is 424 g/mol. The summed E-state index contributed by atoms with van der Waals surface area (Å²) in [7, 11) is 0. The van der Waals surface area contributed by atoms with Crippen LogP contribution in [0, 0.1) is 0 Å². The predicted molar refractivity (Wildman–Crippen MR) is 109 cm³/mol. The average Bonchev–Trinajstić information content (AvgIpc) is 3.20. The minimum atomic E-state index is -0.392. The maximum Gasteiger partial charge on any atom is 0.271 e. The van der Waals surface area contributed by atoms with Gasteiger partial charge in [0.2, 0.25) is 0 Å². The van der Waals surface area contributed by atoms with Crippen molar-refractivity contribution in [3.8, 4) is 5.69 Å². The number of carbonyl (C=O) groups excluding carboxylic acids is 2. The molecule has 0 atom stereocenters. The smallest absolute Gasteiger partial charge is 0.271 e. The van der Waals surface area contributed by atoms with E-state index >= 15 is 0 Å². The van der Waals surface area contributed by atoms with E-state index in [9.17, 15) is 9.59 Å². The van der Waals surface area contributed by atoms with Crippen LogP contribution in [0.25, 0.3) is 5.69 Å². The largest absolute Gasteiger partial charge is 0.324 e. The first-order valence-electron chi connectivity index (χ1n) is 8.18. The van der Waals surface area contributed by atoms with E-state index in [1.165, 1.54) is 6.92 Å². The quantitative estimate of drug-likeness (QED) is 0.479. The molecule has 0 unspecified atom stereocenters. The molecule has 2 amide bonds. The number of hydrogen-bond acceptors (Lipinski definition) is 3. The zero-order valence-corrected chi connectivity index (χ0v) is 16.1. The molecule has 0 radical (unpaired) electrons. The number of amides is 2. The van der Waals surface area contributed by atoms with E-state index in [-0.39, 0.29) is 11.6 Å². The second-order valence-electron chi connectivity index (χ2n) is 5.74. The number of hydrogen-bond donors (Lipinski definition) is 2. The number of nitrogens with one attached hydrogen (secondary N) is 2. The van der Waals surface area contributed by atoms with Gasteiger partial charge in [0, 0.05) is 33.8 Å². The number of hydrazone groups is 1. The SMILES string of the molecule is C/C(=N\NC(=O)c1ccc(-n2cccc2)cc1)C(=O)Nc1cccc(Br)c1. The van der Waals surface area contributed by atoms with E-state index < -0.39 is 5.91 Å². The Morgan fingerprint density at radius 2 is 1.70 bits per heavy atom. The summed E-state index contributed by atoms with van der Waals surface area (Å²) in [5.41, 5.74) is 4.59. The van der Waals surface area contributed by atoms with Crippen molar-refractivity contribution in [2.24, 2.45) is 5.10 Å². The van der Waals surface area contributed by atoms with Crippen molar-refractivity contribution in [1.29, 1.82) is 0 Å². The fourth-order valence-electron chi connectivity index (χ4n) is 2.33. The fraction of sp³-hybridized carbons (Fsp3) is 0.0500. The number of anilines is 1. The zero-order chi connectivity index (χ0) is 19.2. The first-order valence-corrected chi connectivity index (χ1v) is 8.97. The van der Waals surface area contributed by atoms with Gasteiger partial charge in [-0.2, -0.15) is 5.10 Å². The molecule has 1 aromatic heterocycles. The summed E-state index contributed by atoms with van der Waals surface area (Å²) in [5, 5.41) is 6.59. The van der Waals surface area contributed by atoms with Crippen LogP contribution >= 0.6 is 15.9 Å². The van der Waals surface area contributed by atoms with Gasteiger partial charge >= 0.3 is 0 Å². The average molecular weight is 425 g/mol. The molecule has 136 valence electrons. The second-order valence-corrected chi connectivity index (χ2v) is 6.66. The van der Waals surface area contributed by atoms with Crippen molar-refractivity contribution in [2.45, 2.75) is 6.92 Å². The molecule has 0 fully saturated rings. The van der Waals surface area contributed by atoms with Gasteiger partial charge in [-0.1, -0.05) is 22.0 Å². The molecule has 2 aromatic carbocycles. The topological polar surface area (TPSA) is 75.5 Å². The van der Waals surface area contributed by atoms with Crippen LogP contribution in [0.2, 0.25) is 0 Å². The Morgan fingerprint density at radius 3 is 2.37 bits per heavy atom. The molecule has 0 saturated heterocycles. The molecule has 1 heterocycles. The van der Waals surface area contributed by atoms with Gasteiger partial charge < -0.3 is 9.88 Å². The Labute approximate surface area is 165 Å². The fourth-order valence-corrected chi connectivity index (χ4v) is 2.73. The lowest BCUT2D eigenvalue weighted by Crippen LogP contribution is -2.25. The lowest BCUT2D eigenvalue weighted by molar-refractivity contribution is -0.110.